The Kier molecular flexibility index (Phi) is 4.53. The van der Waals surface area contributed by atoms with Crippen molar-refractivity contribution in [2.24, 2.45) is 0 Å². The summed E-state index contributed by atoms with van der Waals surface area (Å²) in [4.78, 5) is 30.7. The number of aromatic amines is 2. The molecule has 26 heavy (non-hydrogen) atoms. The van der Waals surface area contributed by atoms with Crippen LogP contribution in [-0.2, 0) is 10.9 Å². The lowest BCUT2D eigenvalue weighted by Gasteiger charge is -2.13. The van der Waals surface area contributed by atoms with Crippen LogP contribution in [0.4, 0.5) is 13.2 Å². The van der Waals surface area contributed by atoms with Gasteiger partial charge in [0.1, 0.15) is 5.56 Å². The molecule has 0 aliphatic heterocycles. The van der Waals surface area contributed by atoms with Crippen LogP contribution >= 0.6 is 11.6 Å². The van der Waals surface area contributed by atoms with Crippen molar-refractivity contribution in [1.29, 1.82) is 0 Å². The molecule has 136 valence electrons. The van der Waals surface area contributed by atoms with E-state index in [4.69, 9.17) is 16.3 Å². The highest BCUT2D eigenvalue weighted by Gasteiger charge is 2.34. The molecule has 0 saturated carbocycles. The Morgan fingerprint density at radius 2 is 2.04 bits per heavy atom. The molecular weight excluding hydrogens is 373 g/mol. The van der Waals surface area contributed by atoms with Gasteiger partial charge < -0.3 is 14.7 Å². The zero-order chi connectivity index (χ0) is 19.1. The van der Waals surface area contributed by atoms with Crippen molar-refractivity contribution in [1.82, 2.24) is 9.97 Å². The molecule has 9 heteroatoms. The summed E-state index contributed by atoms with van der Waals surface area (Å²) in [5, 5.41) is -0.859. The molecule has 2 aromatic heterocycles. The van der Waals surface area contributed by atoms with Crippen molar-refractivity contribution in [2.75, 3.05) is 6.61 Å². The summed E-state index contributed by atoms with van der Waals surface area (Å²) in [6, 6.07) is 4.90. The van der Waals surface area contributed by atoms with Crippen molar-refractivity contribution in [3.63, 3.8) is 0 Å². The predicted octanol–water partition coefficient (Wildman–Crippen LogP) is 4.37. The Morgan fingerprint density at radius 3 is 2.62 bits per heavy atom. The number of esters is 1. The number of benzene rings is 1. The first-order valence-electron chi connectivity index (χ1n) is 7.51. The van der Waals surface area contributed by atoms with Gasteiger partial charge in [-0.1, -0.05) is 11.6 Å². The van der Waals surface area contributed by atoms with Gasteiger partial charge >= 0.3 is 12.1 Å². The molecule has 3 rings (SSSR count). The Labute approximate surface area is 149 Å². The maximum Gasteiger partial charge on any atom is 0.417 e. The number of fused-ring (bicyclic) bond motifs is 1. The number of carbonyl (C=O) groups is 1. The van der Waals surface area contributed by atoms with Gasteiger partial charge in [-0.3, -0.25) is 4.79 Å². The molecule has 0 aliphatic carbocycles. The van der Waals surface area contributed by atoms with Crippen LogP contribution in [0.1, 0.15) is 22.8 Å². The van der Waals surface area contributed by atoms with Gasteiger partial charge in [0.2, 0.25) is 5.43 Å². The third-order valence-electron chi connectivity index (χ3n) is 3.74. The summed E-state index contributed by atoms with van der Waals surface area (Å²) in [6.07, 6.45) is -3.16. The second kappa shape index (κ2) is 6.53. The molecule has 2 N–H and O–H groups in total. The number of ether oxygens (including phenoxy) is 1. The largest absolute Gasteiger partial charge is 0.462 e. The van der Waals surface area contributed by atoms with E-state index in [-0.39, 0.29) is 28.8 Å². The smallest absolute Gasteiger partial charge is 0.417 e. The molecule has 3 aromatic rings. The Balaban J connectivity index is 2.39. The van der Waals surface area contributed by atoms with Crippen molar-refractivity contribution < 1.29 is 22.7 Å². The minimum atomic E-state index is -4.74. The third kappa shape index (κ3) is 3.08. The molecule has 0 spiro atoms. The molecule has 0 bridgehead atoms. The van der Waals surface area contributed by atoms with Crippen LogP contribution in [0, 0.1) is 0 Å². The number of nitrogens with one attached hydrogen (secondary N) is 2. The predicted molar refractivity (Wildman–Crippen MR) is 90.3 cm³/mol. The first-order valence-corrected chi connectivity index (χ1v) is 7.89. The van der Waals surface area contributed by atoms with Crippen molar-refractivity contribution >= 4 is 28.5 Å². The highest BCUT2D eigenvalue weighted by atomic mass is 35.5. The molecule has 0 unspecified atom stereocenters. The lowest BCUT2D eigenvalue weighted by atomic mass is 10.0. The molecule has 0 atom stereocenters. The lowest BCUT2D eigenvalue weighted by molar-refractivity contribution is -0.137. The zero-order valence-corrected chi connectivity index (χ0v) is 14.1. The quantitative estimate of drug-likeness (QED) is 0.658. The average molecular weight is 385 g/mol. The fraction of sp³-hybridized carbons (Fsp3) is 0.176. The zero-order valence-electron chi connectivity index (χ0n) is 13.3. The SMILES string of the molecule is CCOC(=O)c1c(-c2ccc[nH]2)[nH]c2cc(Cl)c(C(F)(F)F)cc2c1=O. The van der Waals surface area contributed by atoms with Crippen LogP contribution in [0.5, 0.6) is 0 Å². The van der Waals surface area contributed by atoms with Gasteiger partial charge in [0.25, 0.3) is 0 Å². The summed E-state index contributed by atoms with van der Waals surface area (Å²) in [5.41, 5.74) is -1.81. The van der Waals surface area contributed by atoms with Gasteiger partial charge in [0.15, 0.2) is 0 Å². The van der Waals surface area contributed by atoms with E-state index < -0.39 is 28.2 Å². The van der Waals surface area contributed by atoms with E-state index in [2.05, 4.69) is 9.97 Å². The molecule has 2 heterocycles. The summed E-state index contributed by atoms with van der Waals surface area (Å²) in [7, 11) is 0. The van der Waals surface area contributed by atoms with E-state index in [1.807, 2.05) is 0 Å². The normalized spacial score (nSPS) is 11.7. The summed E-state index contributed by atoms with van der Waals surface area (Å²) in [6.45, 7) is 1.57. The topological polar surface area (TPSA) is 75.0 Å². The highest BCUT2D eigenvalue weighted by Crippen LogP contribution is 2.36. The lowest BCUT2D eigenvalue weighted by Crippen LogP contribution is -2.21. The molecule has 0 saturated heterocycles. The Bertz CT molecular complexity index is 1040. The van der Waals surface area contributed by atoms with E-state index in [0.29, 0.717) is 11.8 Å². The van der Waals surface area contributed by atoms with Gasteiger partial charge in [-0.05, 0) is 31.2 Å². The standard InChI is InChI=1S/C17H12ClF3N2O3/c1-2-26-16(25)13-14(11-4-3-5-22-11)23-12-7-10(18)9(17(19,20)21)6-8(12)15(13)24/h3-7,22H,2H2,1H3,(H,23,24). The van der Waals surface area contributed by atoms with Crippen molar-refractivity contribution in [3.8, 4) is 11.4 Å². The monoisotopic (exact) mass is 384 g/mol. The van der Waals surface area contributed by atoms with Gasteiger partial charge in [-0.25, -0.2) is 4.79 Å². The van der Waals surface area contributed by atoms with Crippen LogP contribution in [-0.4, -0.2) is 22.5 Å². The molecule has 0 amide bonds. The van der Waals surface area contributed by atoms with E-state index in [1.165, 1.54) is 0 Å². The van der Waals surface area contributed by atoms with Crippen LogP contribution in [0.3, 0.4) is 0 Å². The van der Waals surface area contributed by atoms with Crippen LogP contribution in [0.2, 0.25) is 5.02 Å². The minimum Gasteiger partial charge on any atom is -0.462 e. The van der Waals surface area contributed by atoms with Gasteiger partial charge in [0.05, 0.1) is 34.1 Å². The van der Waals surface area contributed by atoms with Crippen LogP contribution in [0.15, 0.2) is 35.3 Å². The molecule has 0 radical (unpaired) electrons. The molecular formula is C17H12ClF3N2O3. The number of hydrogen-bond donors (Lipinski definition) is 2. The highest BCUT2D eigenvalue weighted by molar-refractivity contribution is 6.32. The number of halogens is 4. The van der Waals surface area contributed by atoms with Crippen molar-refractivity contribution in [2.45, 2.75) is 13.1 Å². The Morgan fingerprint density at radius 1 is 1.31 bits per heavy atom. The number of hydrogen-bond acceptors (Lipinski definition) is 3. The molecule has 0 aliphatic rings. The first-order chi connectivity index (χ1) is 12.2. The van der Waals surface area contributed by atoms with Gasteiger partial charge in [-0.2, -0.15) is 13.2 Å². The van der Waals surface area contributed by atoms with Crippen LogP contribution < -0.4 is 5.43 Å². The van der Waals surface area contributed by atoms with E-state index in [9.17, 15) is 22.8 Å². The maximum absolute atomic E-state index is 13.1. The summed E-state index contributed by atoms with van der Waals surface area (Å²) < 4.78 is 44.2. The van der Waals surface area contributed by atoms with E-state index >= 15 is 0 Å². The second-order valence-corrected chi connectivity index (χ2v) is 5.79. The molecule has 0 fully saturated rings. The average Bonchev–Trinajstić information content (AvgIpc) is 3.07. The number of alkyl halides is 3. The second-order valence-electron chi connectivity index (χ2n) is 5.38. The number of carbonyl (C=O) groups excluding carboxylic acids is 1. The van der Waals surface area contributed by atoms with Crippen molar-refractivity contribution in [3.05, 3.63) is 56.8 Å². The summed E-state index contributed by atoms with van der Waals surface area (Å²) >= 11 is 5.73. The summed E-state index contributed by atoms with van der Waals surface area (Å²) in [5.74, 6) is -0.927. The number of rotatable bonds is 3. The van der Waals surface area contributed by atoms with Gasteiger partial charge in [-0.15, -0.1) is 0 Å². The van der Waals surface area contributed by atoms with Crippen LogP contribution in [0.25, 0.3) is 22.3 Å². The number of H-pyrrole nitrogens is 2. The fourth-order valence-electron chi connectivity index (χ4n) is 2.61. The molecule has 1 aromatic carbocycles. The first kappa shape index (κ1) is 18.1. The van der Waals surface area contributed by atoms with E-state index in [0.717, 1.165) is 6.07 Å². The van der Waals surface area contributed by atoms with E-state index in [1.54, 1.807) is 25.3 Å². The maximum atomic E-state index is 13.1. The third-order valence-corrected chi connectivity index (χ3v) is 4.05. The molecule has 5 nitrogen and oxygen atoms in total. The fourth-order valence-corrected chi connectivity index (χ4v) is 2.88. The number of pyridine rings is 1. The van der Waals surface area contributed by atoms with Gasteiger partial charge in [0, 0.05) is 11.6 Å². The number of aromatic nitrogens is 2. The Hall–Kier alpha value is -2.74. The minimum absolute atomic E-state index is 0.00883.